The van der Waals surface area contributed by atoms with Crippen LogP contribution < -0.4 is 0 Å². The van der Waals surface area contributed by atoms with Crippen LogP contribution in [-0.2, 0) is 10.2 Å². The second-order valence-electron chi connectivity index (χ2n) is 4.72. The van der Waals surface area contributed by atoms with Crippen molar-refractivity contribution in [2.75, 3.05) is 20.2 Å². The Balaban J connectivity index is 2.80. The lowest BCUT2D eigenvalue weighted by Crippen LogP contribution is -2.47. The molecule has 0 aromatic heterocycles. The van der Waals surface area contributed by atoms with E-state index in [1.54, 1.807) is 11.4 Å². The molecule has 102 valence electrons. The summed E-state index contributed by atoms with van der Waals surface area (Å²) in [6.45, 7) is 4.39. The Kier molecular flexibility index (Phi) is 5.37. The molecular weight excluding hydrogens is 240 g/mol. The van der Waals surface area contributed by atoms with Gasteiger partial charge in [-0.1, -0.05) is 6.92 Å². The summed E-state index contributed by atoms with van der Waals surface area (Å²) in [6, 6.07) is 0.216. The smallest absolute Gasteiger partial charge is 0.282 e. The van der Waals surface area contributed by atoms with E-state index in [1.165, 1.54) is 4.31 Å². The molecule has 1 N–H and O–H groups in total. The molecule has 0 radical (unpaired) electrons. The van der Waals surface area contributed by atoms with Crippen molar-refractivity contribution in [1.82, 2.24) is 8.61 Å². The van der Waals surface area contributed by atoms with E-state index >= 15 is 0 Å². The number of aliphatic hydroxyl groups excluding tert-OH is 1. The number of aliphatic hydroxyl groups is 1. The van der Waals surface area contributed by atoms with Crippen molar-refractivity contribution in [3.05, 3.63) is 0 Å². The quantitative estimate of drug-likeness (QED) is 0.772. The van der Waals surface area contributed by atoms with E-state index in [9.17, 15) is 8.42 Å². The minimum Gasteiger partial charge on any atom is -0.396 e. The van der Waals surface area contributed by atoms with E-state index in [1.807, 2.05) is 13.8 Å². The largest absolute Gasteiger partial charge is 0.396 e. The van der Waals surface area contributed by atoms with Gasteiger partial charge in [0.05, 0.1) is 0 Å². The van der Waals surface area contributed by atoms with Gasteiger partial charge in [0.1, 0.15) is 0 Å². The highest BCUT2D eigenvalue weighted by atomic mass is 32.2. The van der Waals surface area contributed by atoms with Crippen LogP contribution in [0.1, 0.15) is 39.5 Å². The predicted molar refractivity (Wildman–Crippen MR) is 67.9 cm³/mol. The molecule has 0 spiro atoms. The Bertz CT molecular complexity index is 332. The molecule has 0 aliphatic carbocycles. The van der Waals surface area contributed by atoms with Crippen LogP contribution in [0.15, 0.2) is 0 Å². The van der Waals surface area contributed by atoms with Gasteiger partial charge in [-0.2, -0.15) is 17.0 Å². The molecule has 1 aliphatic rings. The summed E-state index contributed by atoms with van der Waals surface area (Å²) in [5.74, 6) is 0. The van der Waals surface area contributed by atoms with Crippen LogP contribution in [0.5, 0.6) is 0 Å². The van der Waals surface area contributed by atoms with Gasteiger partial charge in [0.25, 0.3) is 10.2 Å². The summed E-state index contributed by atoms with van der Waals surface area (Å²) >= 11 is 0. The maximum absolute atomic E-state index is 12.4. The monoisotopic (exact) mass is 264 g/mol. The Morgan fingerprint density at radius 2 is 2.06 bits per heavy atom. The normalized spacial score (nSPS) is 26.9. The maximum Gasteiger partial charge on any atom is 0.282 e. The average Bonchev–Trinajstić information content (AvgIpc) is 2.67. The van der Waals surface area contributed by atoms with Gasteiger partial charge in [0, 0.05) is 32.3 Å². The molecule has 0 aromatic carbocycles. The Morgan fingerprint density at radius 3 is 2.59 bits per heavy atom. The lowest BCUT2D eigenvalue weighted by molar-refractivity contribution is 0.263. The zero-order valence-electron chi connectivity index (χ0n) is 11.0. The van der Waals surface area contributed by atoms with Crippen LogP contribution in [0.4, 0.5) is 0 Å². The molecule has 0 bridgehead atoms. The topological polar surface area (TPSA) is 60.9 Å². The van der Waals surface area contributed by atoms with Gasteiger partial charge in [0.2, 0.25) is 0 Å². The van der Waals surface area contributed by atoms with Gasteiger partial charge in [-0.05, 0) is 32.6 Å². The second-order valence-corrected chi connectivity index (χ2v) is 6.67. The first kappa shape index (κ1) is 14.9. The molecule has 1 rings (SSSR count). The predicted octanol–water partition coefficient (Wildman–Crippen LogP) is 0.808. The highest BCUT2D eigenvalue weighted by Gasteiger charge is 2.40. The minimum atomic E-state index is -3.37. The van der Waals surface area contributed by atoms with Gasteiger partial charge in [-0.15, -0.1) is 0 Å². The van der Waals surface area contributed by atoms with E-state index < -0.39 is 10.2 Å². The molecule has 6 heteroatoms. The molecule has 2 unspecified atom stereocenters. The molecule has 17 heavy (non-hydrogen) atoms. The number of rotatable bonds is 6. The van der Waals surface area contributed by atoms with Crippen LogP contribution in [0, 0.1) is 0 Å². The SMILES string of the molecule is CCC1CCC(C)N1S(=O)(=O)N(C)CCCO. The second kappa shape index (κ2) is 6.13. The summed E-state index contributed by atoms with van der Waals surface area (Å²) in [4.78, 5) is 0. The average molecular weight is 264 g/mol. The third kappa shape index (κ3) is 3.19. The Hall–Kier alpha value is -0.170. The maximum atomic E-state index is 12.4. The van der Waals surface area contributed by atoms with E-state index in [2.05, 4.69) is 0 Å². The minimum absolute atomic E-state index is 0.0205. The van der Waals surface area contributed by atoms with Crippen molar-refractivity contribution in [3.63, 3.8) is 0 Å². The highest BCUT2D eigenvalue weighted by Crippen LogP contribution is 2.30. The van der Waals surface area contributed by atoms with Crippen LogP contribution in [-0.4, -0.2) is 54.4 Å². The lowest BCUT2D eigenvalue weighted by Gasteiger charge is -2.31. The first-order valence-corrected chi connectivity index (χ1v) is 7.70. The van der Waals surface area contributed by atoms with Crippen LogP contribution >= 0.6 is 0 Å². The fourth-order valence-electron chi connectivity index (χ4n) is 2.42. The zero-order valence-corrected chi connectivity index (χ0v) is 11.8. The molecule has 1 aliphatic heterocycles. The van der Waals surface area contributed by atoms with Crippen LogP contribution in [0.25, 0.3) is 0 Å². The number of nitrogens with zero attached hydrogens (tertiary/aromatic N) is 2. The van der Waals surface area contributed by atoms with Crippen molar-refractivity contribution < 1.29 is 13.5 Å². The van der Waals surface area contributed by atoms with Crippen molar-refractivity contribution in [2.45, 2.75) is 51.6 Å². The van der Waals surface area contributed by atoms with Gasteiger partial charge >= 0.3 is 0 Å². The first-order chi connectivity index (χ1) is 7.95. The van der Waals surface area contributed by atoms with Gasteiger partial charge in [0.15, 0.2) is 0 Å². The highest BCUT2D eigenvalue weighted by molar-refractivity contribution is 7.86. The summed E-state index contributed by atoms with van der Waals surface area (Å²) in [5.41, 5.74) is 0. The number of hydrogen-bond acceptors (Lipinski definition) is 3. The number of hydrogen-bond donors (Lipinski definition) is 1. The van der Waals surface area contributed by atoms with Crippen LogP contribution in [0.2, 0.25) is 0 Å². The van der Waals surface area contributed by atoms with Crippen molar-refractivity contribution in [3.8, 4) is 0 Å². The summed E-state index contributed by atoms with van der Waals surface area (Å²) < 4.78 is 27.8. The van der Waals surface area contributed by atoms with Gasteiger partial charge in [-0.3, -0.25) is 0 Å². The van der Waals surface area contributed by atoms with E-state index in [0.717, 1.165) is 19.3 Å². The molecule has 2 atom stereocenters. The third-order valence-electron chi connectivity index (χ3n) is 3.47. The van der Waals surface area contributed by atoms with E-state index in [-0.39, 0.29) is 18.7 Å². The van der Waals surface area contributed by atoms with Crippen LogP contribution in [0.3, 0.4) is 0 Å². The fourth-order valence-corrected chi connectivity index (χ4v) is 4.29. The fraction of sp³-hybridized carbons (Fsp3) is 1.00. The molecular formula is C11H24N2O3S. The summed E-state index contributed by atoms with van der Waals surface area (Å²) in [7, 11) is -1.78. The van der Waals surface area contributed by atoms with E-state index in [0.29, 0.717) is 13.0 Å². The molecule has 1 fully saturated rings. The molecule has 0 saturated carbocycles. The Morgan fingerprint density at radius 1 is 1.41 bits per heavy atom. The van der Waals surface area contributed by atoms with Gasteiger partial charge in [-0.25, -0.2) is 0 Å². The van der Waals surface area contributed by atoms with Crippen molar-refractivity contribution in [1.29, 1.82) is 0 Å². The molecule has 5 nitrogen and oxygen atoms in total. The zero-order chi connectivity index (χ0) is 13.1. The van der Waals surface area contributed by atoms with Gasteiger partial charge < -0.3 is 5.11 Å². The lowest BCUT2D eigenvalue weighted by atomic mass is 10.2. The molecule has 1 saturated heterocycles. The first-order valence-electron chi connectivity index (χ1n) is 6.30. The molecule has 1 heterocycles. The standard InChI is InChI=1S/C11H24N2O3S/c1-4-11-7-6-10(2)13(11)17(15,16)12(3)8-5-9-14/h10-11,14H,4-9H2,1-3H3. The summed E-state index contributed by atoms with van der Waals surface area (Å²) in [6.07, 6.45) is 3.22. The third-order valence-corrected chi connectivity index (χ3v) is 5.64. The molecule has 0 amide bonds. The van der Waals surface area contributed by atoms with Crippen molar-refractivity contribution in [2.24, 2.45) is 0 Å². The molecule has 0 aromatic rings. The van der Waals surface area contributed by atoms with Crippen molar-refractivity contribution >= 4 is 10.2 Å². The van der Waals surface area contributed by atoms with E-state index in [4.69, 9.17) is 5.11 Å². The Labute approximate surface area is 105 Å². The summed E-state index contributed by atoms with van der Waals surface area (Å²) in [5, 5.41) is 8.76.